The summed E-state index contributed by atoms with van der Waals surface area (Å²) in [5.74, 6) is 0.901. The van der Waals surface area contributed by atoms with Gasteiger partial charge in [-0.05, 0) is 24.6 Å². The summed E-state index contributed by atoms with van der Waals surface area (Å²) in [4.78, 5) is -0.289. The number of rotatable bonds is 3. The zero-order chi connectivity index (χ0) is 12.4. The summed E-state index contributed by atoms with van der Waals surface area (Å²) in [6.07, 6.45) is 1.60. The first kappa shape index (κ1) is 12.2. The Hall–Kier alpha value is -1.29. The fourth-order valence-corrected chi connectivity index (χ4v) is 2.47. The van der Waals surface area contributed by atoms with Crippen LogP contribution >= 0.6 is 15.9 Å². The molecular weight excluding hydrogens is 287 g/mol. The Labute approximate surface area is 108 Å². The van der Waals surface area contributed by atoms with Crippen LogP contribution in [0.4, 0.5) is 4.39 Å². The van der Waals surface area contributed by atoms with Gasteiger partial charge in [-0.2, -0.15) is 0 Å². The summed E-state index contributed by atoms with van der Waals surface area (Å²) in [5, 5.41) is 0. The van der Waals surface area contributed by atoms with E-state index < -0.39 is 0 Å². The Morgan fingerprint density at radius 3 is 2.65 bits per heavy atom. The first-order valence-electron chi connectivity index (χ1n) is 5.15. The van der Waals surface area contributed by atoms with Crippen LogP contribution in [-0.4, -0.2) is 7.11 Å². The number of furan rings is 1. The number of methoxy groups -OCH3 is 1. The highest BCUT2D eigenvalue weighted by atomic mass is 79.9. The van der Waals surface area contributed by atoms with E-state index in [4.69, 9.17) is 9.15 Å². The Kier molecular flexibility index (Phi) is 3.52. The molecule has 17 heavy (non-hydrogen) atoms. The van der Waals surface area contributed by atoms with Gasteiger partial charge in [-0.1, -0.05) is 22.0 Å². The molecule has 0 N–H and O–H groups in total. The fourth-order valence-electron chi connectivity index (χ4n) is 1.63. The zero-order valence-electron chi connectivity index (χ0n) is 9.54. The average Bonchev–Trinajstić information content (AvgIpc) is 2.74. The van der Waals surface area contributed by atoms with Gasteiger partial charge in [0.05, 0.1) is 13.4 Å². The van der Waals surface area contributed by atoms with Gasteiger partial charge in [0.15, 0.2) is 0 Å². The Morgan fingerprint density at radius 2 is 2.12 bits per heavy atom. The van der Waals surface area contributed by atoms with Crippen LogP contribution < -0.4 is 4.74 Å². The molecule has 0 aliphatic carbocycles. The molecule has 0 bridgehead atoms. The number of hydrogen-bond donors (Lipinski definition) is 0. The van der Waals surface area contributed by atoms with Gasteiger partial charge in [-0.15, -0.1) is 0 Å². The van der Waals surface area contributed by atoms with Crippen LogP contribution in [0.5, 0.6) is 5.75 Å². The van der Waals surface area contributed by atoms with Crippen molar-refractivity contribution < 1.29 is 13.5 Å². The number of ether oxygens (including phenoxy) is 1. The number of alkyl halides is 1. The number of aryl methyl sites for hydroxylation is 1. The molecule has 1 heterocycles. The Bertz CT molecular complexity index is 522. The minimum absolute atomic E-state index is 0.289. The third-order valence-electron chi connectivity index (χ3n) is 2.61. The quantitative estimate of drug-likeness (QED) is 0.792. The minimum atomic E-state index is -0.318. The number of hydrogen-bond acceptors (Lipinski definition) is 2. The average molecular weight is 299 g/mol. The van der Waals surface area contributed by atoms with Crippen molar-refractivity contribution in [1.82, 2.24) is 0 Å². The molecule has 1 unspecified atom stereocenters. The SMILES string of the molecule is COc1ccc(C(Br)c2occc2C)c(F)c1. The lowest BCUT2D eigenvalue weighted by Gasteiger charge is -2.11. The molecule has 2 rings (SSSR count). The van der Waals surface area contributed by atoms with Gasteiger partial charge in [-0.3, -0.25) is 0 Å². The third kappa shape index (κ3) is 2.36. The van der Waals surface area contributed by atoms with Crippen molar-refractivity contribution in [2.45, 2.75) is 11.8 Å². The Morgan fingerprint density at radius 1 is 1.35 bits per heavy atom. The van der Waals surface area contributed by atoms with Gasteiger partial charge in [-0.25, -0.2) is 4.39 Å². The van der Waals surface area contributed by atoms with Crippen LogP contribution in [0.15, 0.2) is 34.9 Å². The summed E-state index contributed by atoms with van der Waals surface area (Å²) < 4.78 is 24.2. The highest BCUT2D eigenvalue weighted by Gasteiger charge is 2.19. The van der Waals surface area contributed by atoms with Gasteiger partial charge >= 0.3 is 0 Å². The molecule has 90 valence electrons. The highest BCUT2D eigenvalue weighted by molar-refractivity contribution is 9.09. The van der Waals surface area contributed by atoms with Gasteiger partial charge < -0.3 is 9.15 Å². The smallest absolute Gasteiger partial charge is 0.131 e. The second-order valence-electron chi connectivity index (χ2n) is 3.72. The molecule has 1 aromatic carbocycles. The summed E-state index contributed by atoms with van der Waals surface area (Å²) in [6.45, 7) is 1.93. The number of benzene rings is 1. The molecule has 0 aliphatic heterocycles. The molecule has 0 saturated heterocycles. The predicted octanol–water partition coefficient (Wildman–Crippen LogP) is 4.22. The van der Waals surface area contributed by atoms with Crippen molar-refractivity contribution in [3.63, 3.8) is 0 Å². The van der Waals surface area contributed by atoms with Crippen molar-refractivity contribution in [3.05, 3.63) is 53.2 Å². The van der Waals surface area contributed by atoms with Crippen LogP contribution in [-0.2, 0) is 0 Å². The standard InChI is InChI=1S/C13H12BrFO2/c1-8-5-6-17-13(8)12(14)10-4-3-9(16-2)7-11(10)15/h3-7,12H,1-2H3. The highest BCUT2D eigenvalue weighted by Crippen LogP contribution is 2.35. The van der Waals surface area contributed by atoms with Crippen molar-refractivity contribution in [2.75, 3.05) is 7.11 Å². The van der Waals surface area contributed by atoms with E-state index in [-0.39, 0.29) is 10.6 Å². The van der Waals surface area contributed by atoms with E-state index in [1.165, 1.54) is 13.2 Å². The lowest BCUT2D eigenvalue weighted by atomic mass is 10.1. The normalized spacial score (nSPS) is 12.5. The predicted molar refractivity (Wildman–Crippen MR) is 67.2 cm³/mol. The maximum Gasteiger partial charge on any atom is 0.131 e. The molecule has 2 aromatic rings. The monoisotopic (exact) mass is 298 g/mol. The van der Waals surface area contributed by atoms with Crippen LogP contribution in [0.1, 0.15) is 21.7 Å². The van der Waals surface area contributed by atoms with E-state index in [1.807, 2.05) is 13.0 Å². The van der Waals surface area contributed by atoms with E-state index in [1.54, 1.807) is 18.4 Å². The summed E-state index contributed by atoms with van der Waals surface area (Å²) >= 11 is 3.45. The third-order valence-corrected chi connectivity index (χ3v) is 3.52. The first-order valence-corrected chi connectivity index (χ1v) is 6.06. The van der Waals surface area contributed by atoms with E-state index in [2.05, 4.69) is 15.9 Å². The van der Waals surface area contributed by atoms with Crippen LogP contribution in [0.3, 0.4) is 0 Å². The molecule has 0 fully saturated rings. The molecular formula is C13H12BrFO2. The Balaban J connectivity index is 2.38. The van der Waals surface area contributed by atoms with Gasteiger partial charge in [0.1, 0.15) is 22.2 Å². The summed E-state index contributed by atoms with van der Waals surface area (Å²) in [6, 6.07) is 6.63. The maximum absolute atomic E-state index is 13.9. The summed E-state index contributed by atoms with van der Waals surface area (Å²) in [7, 11) is 1.51. The molecule has 1 aromatic heterocycles. The van der Waals surface area contributed by atoms with Crippen LogP contribution in [0, 0.1) is 12.7 Å². The lowest BCUT2D eigenvalue weighted by Crippen LogP contribution is -1.97. The van der Waals surface area contributed by atoms with Crippen molar-refractivity contribution in [1.29, 1.82) is 0 Å². The zero-order valence-corrected chi connectivity index (χ0v) is 11.1. The van der Waals surface area contributed by atoms with E-state index in [0.717, 1.165) is 5.56 Å². The van der Waals surface area contributed by atoms with Crippen molar-refractivity contribution in [2.24, 2.45) is 0 Å². The summed E-state index contributed by atoms with van der Waals surface area (Å²) in [5.41, 5.74) is 1.52. The maximum atomic E-state index is 13.9. The van der Waals surface area contributed by atoms with E-state index >= 15 is 0 Å². The topological polar surface area (TPSA) is 22.4 Å². The van der Waals surface area contributed by atoms with Crippen molar-refractivity contribution in [3.8, 4) is 5.75 Å². The van der Waals surface area contributed by atoms with E-state index in [0.29, 0.717) is 17.1 Å². The molecule has 4 heteroatoms. The molecule has 0 spiro atoms. The molecule has 0 radical (unpaired) electrons. The van der Waals surface area contributed by atoms with Crippen LogP contribution in [0.25, 0.3) is 0 Å². The van der Waals surface area contributed by atoms with Gasteiger partial charge in [0.25, 0.3) is 0 Å². The molecule has 1 atom stereocenters. The van der Waals surface area contributed by atoms with Crippen LogP contribution in [0.2, 0.25) is 0 Å². The largest absolute Gasteiger partial charge is 0.497 e. The van der Waals surface area contributed by atoms with Gasteiger partial charge in [0, 0.05) is 11.6 Å². The second-order valence-corrected chi connectivity index (χ2v) is 4.63. The molecule has 2 nitrogen and oxygen atoms in total. The molecule has 0 saturated carbocycles. The first-order chi connectivity index (χ1) is 8.13. The minimum Gasteiger partial charge on any atom is -0.497 e. The van der Waals surface area contributed by atoms with Crippen molar-refractivity contribution >= 4 is 15.9 Å². The van der Waals surface area contributed by atoms with Gasteiger partial charge in [0.2, 0.25) is 0 Å². The fraction of sp³-hybridized carbons (Fsp3) is 0.231. The second kappa shape index (κ2) is 4.92. The van der Waals surface area contributed by atoms with E-state index in [9.17, 15) is 4.39 Å². The molecule has 0 aliphatic rings. The number of halogens is 2. The molecule has 0 amide bonds. The lowest BCUT2D eigenvalue weighted by molar-refractivity contribution is 0.410.